The van der Waals surface area contributed by atoms with E-state index in [-0.39, 0.29) is 5.75 Å². The molecule has 2 rings (SSSR count). The number of carbonyl (C=O) groups is 2. The molecule has 28 heavy (non-hydrogen) atoms. The Morgan fingerprint density at radius 2 is 1.96 bits per heavy atom. The second kappa shape index (κ2) is 16.0. The Kier molecular flexibility index (Phi) is 14.8. The molecule has 1 aliphatic rings. The molecule has 0 aliphatic heterocycles. The van der Waals surface area contributed by atoms with Crippen molar-refractivity contribution in [3.8, 4) is 5.75 Å². The van der Waals surface area contributed by atoms with Crippen molar-refractivity contribution in [1.29, 1.82) is 0 Å². The fourth-order valence-corrected chi connectivity index (χ4v) is 2.52. The molecule has 0 heterocycles. The molecule has 0 amide bonds. The van der Waals surface area contributed by atoms with Crippen LogP contribution in [-0.2, 0) is 4.79 Å². The van der Waals surface area contributed by atoms with Gasteiger partial charge in [-0.15, -0.1) is 0 Å². The van der Waals surface area contributed by atoms with Crippen LogP contribution in [0.4, 0.5) is 4.39 Å². The van der Waals surface area contributed by atoms with Gasteiger partial charge in [-0.25, -0.2) is 4.39 Å². The highest BCUT2D eigenvalue weighted by molar-refractivity contribution is 5.75. The van der Waals surface area contributed by atoms with Crippen LogP contribution in [0, 0.1) is 5.82 Å². The van der Waals surface area contributed by atoms with Crippen LogP contribution in [0.2, 0.25) is 0 Å². The number of rotatable bonds is 7. The lowest BCUT2D eigenvalue weighted by atomic mass is 9.97. The molecule has 1 unspecified atom stereocenters. The van der Waals surface area contributed by atoms with Gasteiger partial charge >= 0.3 is 5.97 Å². The van der Waals surface area contributed by atoms with Crippen molar-refractivity contribution in [2.75, 3.05) is 13.7 Å². The summed E-state index contributed by atoms with van der Waals surface area (Å²) in [5, 5.41) is 8.33. The van der Waals surface area contributed by atoms with Crippen molar-refractivity contribution in [2.24, 2.45) is 17.2 Å². The maximum absolute atomic E-state index is 12.8. The molecule has 1 aliphatic carbocycles. The summed E-state index contributed by atoms with van der Waals surface area (Å²) in [5.41, 5.74) is 16.4. The molecule has 1 aromatic rings. The summed E-state index contributed by atoms with van der Waals surface area (Å²) in [6.45, 7) is 0.604. The van der Waals surface area contributed by atoms with E-state index in [1.165, 1.54) is 51.3 Å². The van der Waals surface area contributed by atoms with Gasteiger partial charge in [0, 0.05) is 11.6 Å². The summed E-state index contributed by atoms with van der Waals surface area (Å²) in [6, 6.07) is 3.86. The monoisotopic (exact) mass is 399 g/mol. The fraction of sp³-hybridized carbons (Fsp3) is 0.600. The number of hydrogen-bond acceptors (Lipinski definition) is 6. The summed E-state index contributed by atoms with van der Waals surface area (Å²) in [4.78, 5) is 20.3. The topological polar surface area (TPSA) is 142 Å². The van der Waals surface area contributed by atoms with E-state index in [1.807, 2.05) is 0 Å². The molecule has 1 atom stereocenters. The highest BCUT2D eigenvalue weighted by Gasteiger charge is 2.09. The number of carboxylic acids is 1. The number of halogens is 1. The second-order valence-corrected chi connectivity index (χ2v) is 6.64. The summed E-state index contributed by atoms with van der Waals surface area (Å²) >= 11 is 0. The number of benzene rings is 1. The van der Waals surface area contributed by atoms with Gasteiger partial charge in [-0.2, -0.15) is 0 Å². The molecule has 0 aromatic heterocycles. The van der Waals surface area contributed by atoms with Crippen LogP contribution in [0.1, 0.15) is 61.7 Å². The smallest absolute Gasteiger partial charge is 0.320 e. The molecule has 1 fully saturated rings. The minimum Gasteiger partial charge on any atom is -0.494 e. The Morgan fingerprint density at radius 1 is 1.32 bits per heavy atom. The predicted octanol–water partition coefficient (Wildman–Crippen LogP) is 2.45. The number of aldehydes is 1. The van der Waals surface area contributed by atoms with Gasteiger partial charge in [0.1, 0.15) is 12.3 Å². The van der Waals surface area contributed by atoms with Crippen molar-refractivity contribution >= 4 is 12.3 Å². The molecule has 7 N–H and O–H groups in total. The van der Waals surface area contributed by atoms with E-state index in [1.54, 1.807) is 0 Å². The second-order valence-electron chi connectivity index (χ2n) is 6.64. The van der Waals surface area contributed by atoms with Crippen LogP contribution in [0.25, 0.3) is 0 Å². The van der Waals surface area contributed by atoms with Crippen molar-refractivity contribution in [1.82, 2.24) is 0 Å². The Hall–Kier alpha value is -2.03. The number of hydrogen-bond donors (Lipinski definition) is 4. The van der Waals surface area contributed by atoms with Crippen LogP contribution in [0.15, 0.2) is 18.2 Å². The van der Waals surface area contributed by atoms with Gasteiger partial charge < -0.3 is 27.0 Å². The van der Waals surface area contributed by atoms with Crippen molar-refractivity contribution in [3.05, 3.63) is 29.6 Å². The molecule has 0 spiro atoms. The molecule has 0 bridgehead atoms. The maximum atomic E-state index is 12.8. The van der Waals surface area contributed by atoms with Crippen molar-refractivity contribution < 1.29 is 23.8 Å². The van der Waals surface area contributed by atoms with Crippen molar-refractivity contribution in [2.45, 2.75) is 63.5 Å². The van der Waals surface area contributed by atoms with E-state index in [0.29, 0.717) is 30.9 Å². The lowest BCUT2D eigenvalue weighted by Crippen LogP contribution is -2.29. The lowest BCUT2D eigenvalue weighted by molar-refractivity contribution is -0.138. The molecule has 0 radical (unpaired) electrons. The maximum Gasteiger partial charge on any atom is 0.320 e. The summed E-state index contributed by atoms with van der Waals surface area (Å²) < 4.78 is 17.4. The van der Waals surface area contributed by atoms with E-state index in [2.05, 4.69) is 4.74 Å². The highest BCUT2D eigenvalue weighted by Crippen LogP contribution is 2.16. The third-order valence-corrected chi connectivity index (χ3v) is 4.25. The van der Waals surface area contributed by atoms with E-state index in [4.69, 9.17) is 22.3 Å². The molecule has 1 aromatic carbocycles. The molecule has 7 nitrogen and oxygen atoms in total. The van der Waals surface area contributed by atoms with Crippen LogP contribution in [0.3, 0.4) is 0 Å². The molecular formula is C20H34FN3O4. The SMILES string of the molecule is COc1ccc(C=O)cc1F.NC1CCCCC1.NCCCCC(N)C(=O)O. The fourth-order valence-electron chi connectivity index (χ4n) is 2.52. The van der Waals surface area contributed by atoms with Crippen LogP contribution >= 0.6 is 0 Å². The van der Waals surface area contributed by atoms with E-state index >= 15 is 0 Å². The highest BCUT2D eigenvalue weighted by atomic mass is 19.1. The Morgan fingerprint density at radius 3 is 2.36 bits per heavy atom. The van der Waals surface area contributed by atoms with E-state index < -0.39 is 17.8 Å². The average molecular weight is 400 g/mol. The third-order valence-electron chi connectivity index (χ3n) is 4.25. The van der Waals surface area contributed by atoms with Crippen LogP contribution in [0.5, 0.6) is 5.75 Å². The molecular weight excluding hydrogens is 365 g/mol. The van der Waals surface area contributed by atoms with Gasteiger partial charge in [0.2, 0.25) is 0 Å². The van der Waals surface area contributed by atoms with Crippen LogP contribution in [-0.4, -0.2) is 43.1 Å². The first-order valence-electron chi connectivity index (χ1n) is 9.58. The van der Waals surface area contributed by atoms with Gasteiger partial charge in [-0.05, 0) is 50.4 Å². The summed E-state index contributed by atoms with van der Waals surface area (Å²) in [6.07, 6.45) is 9.41. The molecule has 8 heteroatoms. The number of ether oxygens (including phenoxy) is 1. The van der Waals surface area contributed by atoms with Gasteiger partial charge in [-0.3, -0.25) is 9.59 Å². The zero-order chi connectivity index (χ0) is 21.4. The zero-order valence-corrected chi connectivity index (χ0v) is 16.6. The number of methoxy groups -OCH3 is 1. The van der Waals surface area contributed by atoms with E-state index in [0.717, 1.165) is 18.9 Å². The first kappa shape index (κ1) is 26.0. The quantitative estimate of drug-likeness (QED) is 0.407. The van der Waals surface area contributed by atoms with Crippen LogP contribution < -0.4 is 21.9 Å². The van der Waals surface area contributed by atoms with Crippen molar-refractivity contribution in [3.63, 3.8) is 0 Å². The predicted molar refractivity (Wildman–Crippen MR) is 108 cm³/mol. The standard InChI is InChI=1S/C8H7FO2.C6H14N2O2.C6H13N/c1-11-8-3-2-6(5-10)4-7(8)9;7-4-2-1-3-5(8)6(9)10;7-6-4-2-1-3-5-6/h2-5H,1H3;5H,1-4,7-8H2,(H,9,10);6H,1-5,7H2. The average Bonchev–Trinajstić information content (AvgIpc) is 2.69. The van der Waals surface area contributed by atoms with Gasteiger partial charge in [0.25, 0.3) is 0 Å². The van der Waals surface area contributed by atoms with Gasteiger partial charge in [0.05, 0.1) is 7.11 Å². The number of carboxylic acid groups (broad SMARTS) is 1. The number of unbranched alkanes of at least 4 members (excludes halogenated alkanes) is 1. The summed E-state index contributed by atoms with van der Waals surface area (Å²) in [7, 11) is 1.37. The normalized spacial score (nSPS) is 14.6. The Labute approximate surface area is 166 Å². The zero-order valence-electron chi connectivity index (χ0n) is 16.6. The first-order chi connectivity index (χ1) is 13.3. The van der Waals surface area contributed by atoms with Gasteiger partial charge in [0.15, 0.2) is 11.6 Å². The number of nitrogens with two attached hydrogens (primary N) is 3. The van der Waals surface area contributed by atoms with Gasteiger partial charge in [-0.1, -0.05) is 25.7 Å². The Bertz CT molecular complexity index is 566. The molecule has 160 valence electrons. The van der Waals surface area contributed by atoms with E-state index in [9.17, 15) is 14.0 Å². The largest absolute Gasteiger partial charge is 0.494 e. The lowest BCUT2D eigenvalue weighted by Gasteiger charge is -2.15. The molecule has 0 saturated heterocycles. The minimum atomic E-state index is -0.933. The minimum absolute atomic E-state index is 0.149. The first-order valence-corrected chi connectivity index (χ1v) is 9.58. The third kappa shape index (κ3) is 12.4. The molecule has 1 saturated carbocycles. The number of carbonyl (C=O) groups excluding carboxylic acids is 1. The number of aliphatic carboxylic acids is 1. The Balaban J connectivity index is 0.000000400. The summed E-state index contributed by atoms with van der Waals surface area (Å²) in [5.74, 6) is -1.30.